The van der Waals surface area contributed by atoms with Gasteiger partial charge in [0.25, 0.3) is 0 Å². The molecule has 0 aromatic heterocycles. The van der Waals surface area contributed by atoms with Crippen LogP contribution in [0.4, 0.5) is 0 Å². The van der Waals surface area contributed by atoms with E-state index < -0.39 is 5.41 Å². The van der Waals surface area contributed by atoms with Gasteiger partial charge in [0, 0.05) is 13.6 Å². The van der Waals surface area contributed by atoms with Crippen LogP contribution in [0, 0.1) is 17.3 Å². The van der Waals surface area contributed by atoms with E-state index in [1.807, 2.05) is 11.9 Å². The van der Waals surface area contributed by atoms with Crippen LogP contribution in [0.1, 0.15) is 39.0 Å². The molecule has 2 saturated carbocycles. The van der Waals surface area contributed by atoms with E-state index in [4.69, 9.17) is 18.0 Å². The summed E-state index contributed by atoms with van der Waals surface area (Å²) in [5.74, 6) is 1.41. The lowest BCUT2D eigenvalue weighted by Crippen LogP contribution is -2.57. The monoisotopic (exact) mass is 254 g/mol. The number of thiocarbonyl (C=S) groups is 1. The van der Waals surface area contributed by atoms with Gasteiger partial charge in [-0.3, -0.25) is 4.79 Å². The van der Waals surface area contributed by atoms with Crippen molar-refractivity contribution in [2.45, 2.75) is 39.0 Å². The van der Waals surface area contributed by atoms with Crippen molar-refractivity contribution in [1.82, 2.24) is 4.90 Å². The van der Waals surface area contributed by atoms with Crippen molar-refractivity contribution in [1.29, 1.82) is 0 Å². The summed E-state index contributed by atoms with van der Waals surface area (Å²) in [6.07, 6.45) is 5.48. The van der Waals surface area contributed by atoms with Crippen LogP contribution in [0.2, 0.25) is 0 Å². The zero-order valence-electron chi connectivity index (χ0n) is 10.7. The van der Waals surface area contributed by atoms with E-state index >= 15 is 0 Å². The minimum Gasteiger partial charge on any atom is -0.392 e. The average molecular weight is 254 g/mol. The summed E-state index contributed by atoms with van der Waals surface area (Å²) in [7, 11) is 1.89. The molecule has 0 aromatic carbocycles. The first-order chi connectivity index (χ1) is 7.95. The molecule has 0 aliphatic heterocycles. The SMILES string of the molecule is CC1CC(C(=O)N(C)CC2CCC2)(C(N)=S)C1. The lowest BCUT2D eigenvalue weighted by atomic mass is 9.61. The highest BCUT2D eigenvalue weighted by Crippen LogP contribution is 2.47. The Balaban J connectivity index is 1.98. The Morgan fingerprint density at radius 3 is 2.41 bits per heavy atom. The van der Waals surface area contributed by atoms with E-state index in [-0.39, 0.29) is 5.91 Å². The average Bonchev–Trinajstić information content (AvgIpc) is 2.16. The van der Waals surface area contributed by atoms with E-state index in [1.165, 1.54) is 19.3 Å². The van der Waals surface area contributed by atoms with E-state index in [9.17, 15) is 4.79 Å². The zero-order chi connectivity index (χ0) is 12.6. The fraction of sp³-hybridized carbons (Fsp3) is 0.846. The van der Waals surface area contributed by atoms with Crippen LogP contribution in [-0.2, 0) is 4.79 Å². The highest BCUT2D eigenvalue weighted by Gasteiger charge is 2.52. The predicted molar refractivity (Wildman–Crippen MR) is 72.6 cm³/mol. The van der Waals surface area contributed by atoms with Gasteiger partial charge in [0.2, 0.25) is 5.91 Å². The van der Waals surface area contributed by atoms with Crippen LogP contribution in [-0.4, -0.2) is 29.4 Å². The molecule has 17 heavy (non-hydrogen) atoms. The molecule has 96 valence electrons. The quantitative estimate of drug-likeness (QED) is 0.780. The van der Waals surface area contributed by atoms with Gasteiger partial charge < -0.3 is 10.6 Å². The van der Waals surface area contributed by atoms with Gasteiger partial charge >= 0.3 is 0 Å². The second-order valence-electron chi connectivity index (χ2n) is 5.94. The molecule has 2 rings (SSSR count). The van der Waals surface area contributed by atoms with Crippen molar-refractivity contribution >= 4 is 23.1 Å². The second-order valence-corrected chi connectivity index (χ2v) is 6.38. The summed E-state index contributed by atoms with van der Waals surface area (Å²) in [6.45, 7) is 3.02. The van der Waals surface area contributed by atoms with Crippen molar-refractivity contribution in [3.8, 4) is 0 Å². The van der Waals surface area contributed by atoms with Gasteiger partial charge in [-0.05, 0) is 37.5 Å². The van der Waals surface area contributed by atoms with Crippen molar-refractivity contribution < 1.29 is 4.79 Å². The molecule has 0 bridgehead atoms. The van der Waals surface area contributed by atoms with Gasteiger partial charge in [-0.25, -0.2) is 0 Å². The van der Waals surface area contributed by atoms with E-state index in [0.29, 0.717) is 16.8 Å². The van der Waals surface area contributed by atoms with Gasteiger partial charge in [0.05, 0.1) is 10.4 Å². The molecule has 0 heterocycles. The lowest BCUT2D eigenvalue weighted by molar-refractivity contribution is -0.143. The van der Waals surface area contributed by atoms with Crippen LogP contribution >= 0.6 is 12.2 Å². The largest absolute Gasteiger partial charge is 0.392 e. The number of hydrogen-bond donors (Lipinski definition) is 1. The number of hydrogen-bond acceptors (Lipinski definition) is 2. The lowest BCUT2D eigenvalue weighted by Gasteiger charge is -2.46. The van der Waals surface area contributed by atoms with Crippen LogP contribution in [0.3, 0.4) is 0 Å². The number of carbonyl (C=O) groups excluding carboxylic acids is 1. The Kier molecular flexibility index (Phi) is 3.43. The molecule has 2 fully saturated rings. The fourth-order valence-electron chi connectivity index (χ4n) is 3.12. The number of nitrogens with two attached hydrogens (primary N) is 1. The summed E-state index contributed by atoms with van der Waals surface area (Å²) in [5, 5.41) is 0. The Hall–Kier alpha value is -0.640. The normalized spacial score (nSPS) is 32.5. The maximum absolute atomic E-state index is 12.5. The molecule has 3 nitrogen and oxygen atoms in total. The molecule has 4 heteroatoms. The summed E-state index contributed by atoms with van der Waals surface area (Å²) in [5.41, 5.74) is 5.27. The van der Waals surface area contributed by atoms with E-state index in [2.05, 4.69) is 6.92 Å². The third-order valence-electron chi connectivity index (χ3n) is 4.38. The van der Waals surface area contributed by atoms with Crippen LogP contribution in [0.25, 0.3) is 0 Å². The summed E-state index contributed by atoms with van der Waals surface area (Å²) in [4.78, 5) is 14.7. The molecule has 2 aliphatic carbocycles. The van der Waals surface area contributed by atoms with E-state index in [0.717, 1.165) is 19.4 Å². The molecule has 2 N–H and O–H groups in total. The van der Waals surface area contributed by atoms with Crippen LogP contribution in [0.15, 0.2) is 0 Å². The highest BCUT2D eigenvalue weighted by molar-refractivity contribution is 7.80. The fourth-order valence-corrected chi connectivity index (χ4v) is 3.38. The molecule has 2 aliphatic rings. The summed E-state index contributed by atoms with van der Waals surface area (Å²) < 4.78 is 0. The van der Waals surface area contributed by atoms with Crippen molar-refractivity contribution in [3.63, 3.8) is 0 Å². The predicted octanol–water partition coefficient (Wildman–Crippen LogP) is 1.95. The molecular weight excluding hydrogens is 232 g/mol. The molecule has 0 aromatic rings. The number of amides is 1. The second kappa shape index (κ2) is 4.56. The van der Waals surface area contributed by atoms with E-state index in [1.54, 1.807) is 0 Å². The molecule has 0 spiro atoms. The van der Waals surface area contributed by atoms with Crippen molar-refractivity contribution in [2.75, 3.05) is 13.6 Å². The standard InChI is InChI=1S/C13H22N2OS/c1-9-6-13(7-9,11(14)17)12(16)15(2)8-10-4-3-5-10/h9-10H,3-8H2,1-2H3,(H2,14,17). The van der Waals surface area contributed by atoms with Gasteiger partial charge in [0.1, 0.15) is 0 Å². The van der Waals surface area contributed by atoms with Gasteiger partial charge in [-0.2, -0.15) is 0 Å². The number of rotatable bonds is 4. The topological polar surface area (TPSA) is 46.3 Å². The molecule has 0 atom stereocenters. The number of carbonyl (C=O) groups is 1. The Morgan fingerprint density at radius 1 is 1.47 bits per heavy atom. The van der Waals surface area contributed by atoms with Gasteiger partial charge in [-0.1, -0.05) is 25.6 Å². The first kappa shape index (κ1) is 12.8. The third-order valence-corrected chi connectivity index (χ3v) is 4.77. The summed E-state index contributed by atoms with van der Waals surface area (Å²) in [6, 6.07) is 0. The van der Waals surface area contributed by atoms with Crippen LogP contribution < -0.4 is 5.73 Å². The van der Waals surface area contributed by atoms with Gasteiger partial charge in [0.15, 0.2) is 0 Å². The minimum absolute atomic E-state index is 0.148. The summed E-state index contributed by atoms with van der Waals surface area (Å²) >= 11 is 5.12. The Labute approximate surface area is 109 Å². The zero-order valence-corrected chi connectivity index (χ0v) is 11.6. The number of nitrogens with zero attached hydrogens (tertiary/aromatic N) is 1. The molecule has 1 amide bonds. The first-order valence-electron chi connectivity index (χ1n) is 6.51. The third kappa shape index (κ3) is 2.19. The Bertz CT molecular complexity index is 332. The Morgan fingerprint density at radius 2 is 2.06 bits per heavy atom. The van der Waals surface area contributed by atoms with Crippen molar-refractivity contribution in [3.05, 3.63) is 0 Å². The molecule has 0 unspecified atom stereocenters. The van der Waals surface area contributed by atoms with Crippen LogP contribution in [0.5, 0.6) is 0 Å². The minimum atomic E-state index is -0.521. The molecular formula is C13H22N2OS. The molecule has 0 radical (unpaired) electrons. The van der Waals surface area contributed by atoms with Crippen molar-refractivity contribution in [2.24, 2.45) is 23.0 Å². The molecule has 0 saturated heterocycles. The maximum atomic E-state index is 12.5. The highest BCUT2D eigenvalue weighted by atomic mass is 32.1. The maximum Gasteiger partial charge on any atom is 0.235 e. The smallest absolute Gasteiger partial charge is 0.235 e. The van der Waals surface area contributed by atoms with Gasteiger partial charge in [-0.15, -0.1) is 0 Å². The first-order valence-corrected chi connectivity index (χ1v) is 6.92.